The lowest BCUT2D eigenvalue weighted by molar-refractivity contribution is -0.126. The maximum absolute atomic E-state index is 12.2. The minimum atomic E-state index is 0.186. The summed E-state index contributed by atoms with van der Waals surface area (Å²) < 4.78 is 5.65. The maximum atomic E-state index is 12.2. The molecule has 1 fully saturated rings. The molecule has 4 nitrogen and oxygen atoms in total. The summed E-state index contributed by atoms with van der Waals surface area (Å²) >= 11 is 0. The Balaban J connectivity index is 1.73. The van der Waals surface area contributed by atoms with Gasteiger partial charge in [-0.15, -0.1) is 0 Å². The van der Waals surface area contributed by atoms with Crippen molar-refractivity contribution >= 4 is 5.91 Å². The van der Waals surface area contributed by atoms with Gasteiger partial charge in [-0.1, -0.05) is 12.1 Å². The largest absolute Gasteiger partial charge is 0.491 e. The zero-order valence-corrected chi connectivity index (χ0v) is 14.6. The van der Waals surface area contributed by atoms with Crippen LogP contribution in [-0.4, -0.2) is 31.1 Å². The second-order valence-corrected chi connectivity index (χ2v) is 6.78. The predicted octanol–water partition coefficient (Wildman–Crippen LogP) is 2.91. The molecule has 1 unspecified atom stereocenters. The van der Waals surface area contributed by atoms with Crippen molar-refractivity contribution in [1.29, 1.82) is 0 Å². The van der Waals surface area contributed by atoms with Gasteiger partial charge in [-0.05, 0) is 77.2 Å². The molecule has 1 amide bonds. The van der Waals surface area contributed by atoms with Crippen molar-refractivity contribution in [3.8, 4) is 5.75 Å². The third kappa shape index (κ3) is 6.22. The van der Waals surface area contributed by atoms with Gasteiger partial charge in [0.25, 0.3) is 0 Å². The van der Waals surface area contributed by atoms with Crippen LogP contribution in [0.5, 0.6) is 5.75 Å². The first-order valence-electron chi connectivity index (χ1n) is 8.81. The third-order valence-electron chi connectivity index (χ3n) is 4.26. The molecule has 2 N–H and O–H groups in total. The molecule has 128 valence electrons. The Morgan fingerprint density at radius 1 is 1.22 bits per heavy atom. The topological polar surface area (TPSA) is 50.4 Å². The molecule has 0 aliphatic carbocycles. The molecule has 1 atom stereocenters. The highest BCUT2D eigenvalue weighted by atomic mass is 16.5. The number of carbonyl (C=O) groups excluding carboxylic acids is 1. The molecule has 1 aliphatic rings. The highest BCUT2D eigenvalue weighted by Gasteiger charge is 2.21. The van der Waals surface area contributed by atoms with Gasteiger partial charge in [0.15, 0.2) is 0 Å². The number of hydrogen-bond donors (Lipinski definition) is 2. The second kappa shape index (κ2) is 8.92. The van der Waals surface area contributed by atoms with Crippen LogP contribution in [0.15, 0.2) is 24.3 Å². The van der Waals surface area contributed by atoms with Crippen LogP contribution in [0.3, 0.4) is 0 Å². The van der Waals surface area contributed by atoms with Crippen molar-refractivity contribution in [2.24, 2.45) is 5.92 Å². The van der Waals surface area contributed by atoms with Gasteiger partial charge in [0.2, 0.25) is 5.91 Å². The van der Waals surface area contributed by atoms with Crippen LogP contribution >= 0.6 is 0 Å². The van der Waals surface area contributed by atoms with Gasteiger partial charge < -0.3 is 15.4 Å². The monoisotopic (exact) mass is 318 g/mol. The van der Waals surface area contributed by atoms with Gasteiger partial charge in [-0.2, -0.15) is 0 Å². The summed E-state index contributed by atoms with van der Waals surface area (Å²) in [5.41, 5.74) is 1.28. The van der Waals surface area contributed by atoms with E-state index in [-0.39, 0.29) is 24.0 Å². The average Bonchev–Trinajstić information content (AvgIpc) is 2.54. The lowest BCUT2D eigenvalue weighted by Crippen LogP contribution is -2.41. The van der Waals surface area contributed by atoms with Gasteiger partial charge in [0.05, 0.1) is 6.10 Å². The number of piperidine rings is 1. The zero-order valence-electron chi connectivity index (χ0n) is 14.6. The minimum Gasteiger partial charge on any atom is -0.491 e. The lowest BCUT2D eigenvalue weighted by atomic mass is 9.96. The highest BCUT2D eigenvalue weighted by molar-refractivity contribution is 5.79. The maximum Gasteiger partial charge on any atom is 0.223 e. The van der Waals surface area contributed by atoms with Gasteiger partial charge in [-0.3, -0.25) is 4.79 Å². The Labute approximate surface area is 140 Å². The van der Waals surface area contributed by atoms with Crippen molar-refractivity contribution in [2.75, 3.05) is 13.1 Å². The van der Waals surface area contributed by atoms with E-state index in [0.717, 1.165) is 44.5 Å². The SMILES string of the molecule is CC(CCc1ccc(OC(C)C)cc1)NC(=O)C1CCNCC1. The standard InChI is InChI=1S/C19H30N2O2/c1-14(2)23-18-8-6-16(7-9-18)5-4-15(3)21-19(22)17-10-12-20-13-11-17/h6-9,14-15,17,20H,4-5,10-13H2,1-3H3,(H,21,22). The Morgan fingerprint density at radius 3 is 2.48 bits per heavy atom. The summed E-state index contributed by atoms with van der Waals surface area (Å²) in [7, 11) is 0. The molecular formula is C19H30N2O2. The van der Waals surface area contributed by atoms with Gasteiger partial charge in [-0.25, -0.2) is 0 Å². The summed E-state index contributed by atoms with van der Waals surface area (Å²) in [5, 5.41) is 6.46. The van der Waals surface area contributed by atoms with E-state index in [4.69, 9.17) is 4.74 Å². The van der Waals surface area contributed by atoms with Crippen LogP contribution in [0.4, 0.5) is 0 Å². The molecular weight excluding hydrogens is 288 g/mol. The molecule has 1 heterocycles. The van der Waals surface area contributed by atoms with Crippen molar-refractivity contribution in [3.63, 3.8) is 0 Å². The molecule has 0 aromatic heterocycles. The fourth-order valence-corrected chi connectivity index (χ4v) is 2.91. The third-order valence-corrected chi connectivity index (χ3v) is 4.26. The van der Waals surface area contributed by atoms with Crippen molar-refractivity contribution < 1.29 is 9.53 Å². The first kappa shape index (κ1) is 17.8. The van der Waals surface area contributed by atoms with E-state index in [1.54, 1.807) is 0 Å². The first-order chi connectivity index (χ1) is 11.0. The molecule has 1 aromatic rings. The fourth-order valence-electron chi connectivity index (χ4n) is 2.91. The number of amides is 1. The Morgan fingerprint density at radius 2 is 1.87 bits per heavy atom. The average molecular weight is 318 g/mol. The van der Waals surface area contributed by atoms with Crippen LogP contribution < -0.4 is 15.4 Å². The Kier molecular flexibility index (Phi) is 6.90. The van der Waals surface area contributed by atoms with E-state index < -0.39 is 0 Å². The molecule has 2 rings (SSSR count). The van der Waals surface area contributed by atoms with Crippen LogP contribution in [0.2, 0.25) is 0 Å². The molecule has 0 bridgehead atoms. The number of rotatable bonds is 7. The molecule has 1 saturated heterocycles. The minimum absolute atomic E-state index is 0.186. The van der Waals surface area contributed by atoms with Crippen molar-refractivity contribution in [2.45, 2.75) is 58.6 Å². The van der Waals surface area contributed by atoms with Crippen molar-refractivity contribution in [1.82, 2.24) is 10.6 Å². The summed E-state index contributed by atoms with van der Waals surface area (Å²) in [6.07, 6.45) is 4.04. The summed E-state index contributed by atoms with van der Waals surface area (Å²) in [6, 6.07) is 8.48. The zero-order chi connectivity index (χ0) is 16.7. The molecule has 1 aliphatic heterocycles. The van der Waals surface area contributed by atoms with Gasteiger partial charge in [0, 0.05) is 12.0 Å². The summed E-state index contributed by atoms with van der Waals surface area (Å²) in [4.78, 5) is 12.2. The van der Waals surface area contributed by atoms with Gasteiger partial charge in [0.1, 0.15) is 5.75 Å². The molecule has 1 aromatic carbocycles. The number of carbonyl (C=O) groups is 1. The van der Waals surface area contributed by atoms with E-state index >= 15 is 0 Å². The van der Waals surface area contributed by atoms with Crippen LogP contribution in [0, 0.1) is 5.92 Å². The summed E-state index contributed by atoms with van der Waals surface area (Å²) in [6.45, 7) is 8.06. The lowest BCUT2D eigenvalue weighted by Gasteiger charge is -2.24. The van der Waals surface area contributed by atoms with E-state index in [0.29, 0.717) is 0 Å². The van der Waals surface area contributed by atoms with E-state index in [2.05, 4.69) is 29.7 Å². The normalized spacial score (nSPS) is 17.0. The fraction of sp³-hybridized carbons (Fsp3) is 0.632. The van der Waals surface area contributed by atoms with E-state index in [9.17, 15) is 4.79 Å². The summed E-state index contributed by atoms with van der Waals surface area (Å²) in [5.74, 6) is 1.32. The number of nitrogens with one attached hydrogen (secondary N) is 2. The molecule has 23 heavy (non-hydrogen) atoms. The van der Waals surface area contributed by atoms with E-state index in [1.807, 2.05) is 26.0 Å². The molecule has 0 saturated carbocycles. The molecule has 0 spiro atoms. The number of ether oxygens (including phenoxy) is 1. The Hall–Kier alpha value is -1.55. The Bertz CT molecular complexity index is 479. The first-order valence-corrected chi connectivity index (χ1v) is 8.81. The van der Waals surface area contributed by atoms with Crippen LogP contribution in [0.1, 0.15) is 45.6 Å². The number of aryl methyl sites for hydroxylation is 1. The second-order valence-electron chi connectivity index (χ2n) is 6.78. The highest BCUT2D eigenvalue weighted by Crippen LogP contribution is 2.16. The molecule has 4 heteroatoms. The van der Waals surface area contributed by atoms with Crippen LogP contribution in [0.25, 0.3) is 0 Å². The quantitative estimate of drug-likeness (QED) is 0.813. The van der Waals surface area contributed by atoms with Crippen molar-refractivity contribution in [3.05, 3.63) is 29.8 Å². The predicted molar refractivity (Wildman–Crippen MR) is 93.7 cm³/mol. The number of hydrogen-bond acceptors (Lipinski definition) is 3. The molecule has 0 radical (unpaired) electrons. The van der Waals surface area contributed by atoms with Gasteiger partial charge >= 0.3 is 0 Å². The smallest absolute Gasteiger partial charge is 0.223 e. The number of benzene rings is 1. The van der Waals surface area contributed by atoms with E-state index in [1.165, 1.54) is 5.56 Å². The van der Waals surface area contributed by atoms with Crippen LogP contribution in [-0.2, 0) is 11.2 Å².